The van der Waals surface area contributed by atoms with Crippen LogP contribution >= 0.6 is 34.8 Å². The first-order valence-corrected chi connectivity index (χ1v) is 21.4. The number of rotatable bonds is 8. The fourth-order valence-corrected chi connectivity index (χ4v) is 8.09. The van der Waals surface area contributed by atoms with Gasteiger partial charge in [-0.2, -0.15) is 10.2 Å². The maximum Gasteiger partial charge on any atom is 1.00 e. The van der Waals surface area contributed by atoms with Crippen molar-refractivity contribution in [3.05, 3.63) is 94.0 Å². The second kappa shape index (κ2) is 28.2. The quantitative estimate of drug-likeness (QED) is 0.0700. The number of H-pyrrole nitrogens is 1. The predicted molar refractivity (Wildman–Crippen MR) is 243 cm³/mol. The zero-order valence-corrected chi connectivity index (χ0v) is 46.9. The average molecular weight is 1040 g/mol. The molecule has 17 nitrogen and oxygen atoms in total. The van der Waals surface area contributed by atoms with E-state index in [4.69, 9.17) is 54.3 Å². The predicted octanol–water partition coefficient (Wildman–Crippen LogP) is -0.137. The minimum Gasteiger partial charge on any atom is -1.00 e. The van der Waals surface area contributed by atoms with E-state index in [1.165, 1.54) is 26.4 Å². The molecule has 2 aromatic carbocycles. The van der Waals surface area contributed by atoms with Crippen LogP contribution < -0.4 is 127 Å². The monoisotopic (exact) mass is 1040 g/mol. The van der Waals surface area contributed by atoms with Gasteiger partial charge in [0, 0.05) is 92.3 Å². The molecule has 8 rings (SSSR count). The number of nitrogens with zero attached hydrogens (tertiary/aromatic N) is 9. The Balaban J connectivity index is 0.000000362. The zero-order valence-electron chi connectivity index (χ0n) is 39.4. The van der Waals surface area contributed by atoms with Crippen LogP contribution in [0.15, 0.2) is 60.9 Å². The number of fused-ring (bicyclic) bond motifs is 2. The van der Waals surface area contributed by atoms with Crippen LogP contribution in [0.4, 0.5) is 20.2 Å². The summed E-state index contributed by atoms with van der Waals surface area (Å²) in [5.41, 5.74) is 4.26. The van der Waals surface area contributed by atoms with E-state index >= 15 is 0 Å². The minimum absolute atomic E-state index is 0. The Hall–Kier alpha value is -2.75. The number of alkyl halides is 1. The van der Waals surface area contributed by atoms with Gasteiger partial charge >= 0.3 is 103 Å². The molecule has 2 amide bonds. The first-order chi connectivity index (χ1) is 31.1. The largest absolute Gasteiger partial charge is 1.00 e. The number of pyridine rings is 2. The number of ether oxygens (including phenoxy) is 2. The summed E-state index contributed by atoms with van der Waals surface area (Å²) in [6, 6.07) is 13.3. The summed E-state index contributed by atoms with van der Waals surface area (Å²) in [5, 5.41) is 22.3. The average Bonchev–Trinajstić information content (AvgIpc) is 3.84. The van der Waals surface area contributed by atoms with Crippen LogP contribution in [0.25, 0.3) is 22.1 Å². The van der Waals surface area contributed by atoms with Crippen LogP contribution in [-0.4, -0.2) is 129 Å². The molecule has 4 aromatic heterocycles. The van der Waals surface area contributed by atoms with E-state index in [0.717, 1.165) is 27.8 Å². The minimum atomic E-state index is -0.405. The van der Waals surface area contributed by atoms with Crippen molar-refractivity contribution in [2.45, 2.75) is 46.3 Å². The number of benzene rings is 2. The fraction of sp³-hybridized carbons (Fsp3) is 0.372. The molecule has 0 spiro atoms. The maximum atomic E-state index is 14.5. The second-order valence-electron chi connectivity index (χ2n) is 14.8. The van der Waals surface area contributed by atoms with Crippen molar-refractivity contribution in [3.63, 3.8) is 0 Å². The number of amides is 2. The number of carbonyl (C=O) groups is 3. The van der Waals surface area contributed by atoms with E-state index < -0.39 is 11.6 Å². The van der Waals surface area contributed by atoms with Crippen LogP contribution in [0.2, 0.25) is 10.0 Å². The van der Waals surface area contributed by atoms with Crippen molar-refractivity contribution in [3.8, 4) is 11.5 Å². The molecule has 0 bridgehead atoms. The summed E-state index contributed by atoms with van der Waals surface area (Å²) in [6.07, 6.45) is 3.43. The van der Waals surface area contributed by atoms with Crippen LogP contribution in [0.3, 0.4) is 0 Å². The Kier molecular flexibility index (Phi) is 24.6. The van der Waals surface area contributed by atoms with Crippen LogP contribution in [0, 0.1) is 25.5 Å². The van der Waals surface area contributed by atoms with Crippen LogP contribution in [0.1, 0.15) is 26.7 Å². The number of aromatic nitrogens is 6. The molecule has 0 radical (unpaired) electrons. The van der Waals surface area contributed by atoms with Gasteiger partial charge in [-0.15, -0.1) is 11.6 Å². The summed E-state index contributed by atoms with van der Waals surface area (Å²) in [5.74, 6) is -0.118. The Morgan fingerprint density at radius 3 is 1.79 bits per heavy atom. The third-order valence-corrected chi connectivity index (χ3v) is 11.5. The number of aryl methyl sites for hydroxylation is 2. The van der Waals surface area contributed by atoms with Crippen molar-refractivity contribution in [1.82, 2.24) is 39.7 Å². The normalized spacial score (nSPS) is 15.3. The maximum absolute atomic E-state index is 14.5. The molecule has 0 unspecified atom stereocenters. The number of nitrogens with one attached hydrogen (secondary N) is 1. The molecule has 1 N–H and O–H groups in total. The zero-order chi connectivity index (χ0) is 47.4. The van der Waals surface area contributed by atoms with Gasteiger partial charge < -0.3 is 40.6 Å². The molecule has 350 valence electrons. The molecule has 2 aliphatic rings. The number of carbonyl (C=O) groups excluding carboxylic acids is 3. The number of halogens is 5. The van der Waals surface area contributed by atoms with Gasteiger partial charge in [0.25, 0.3) is 6.47 Å². The van der Waals surface area contributed by atoms with Crippen molar-refractivity contribution in [1.29, 1.82) is 0 Å². The fourth-order valence-electron chi connectivity index (χ4n) is 7.48. The number of anilines is 2. The Morgan fingerprint density at radius 1 is 0.836 bits per heavy atom. The van der Waals surface area contributed by atoms with Crippen molar-refractivity contribution < 1.29 is 147 Å². The third kappa shape index (κ3) is 15.1. The van der Waals surface area contributed by atoms with Crippen molar-refractivity contribution in [2.24, 2.45) is 0 Å². The topological polar surface area (TPSA) is 187 Å². The van der Waals surface area contributed by atoms with Gasteiger partial charge in [0.1, 0.15) is 35.6 Å². The standard InChI is InChI=1S/C21H23ClFN5O2.C14H17Cl2FN2O2.C7H7N3.CH2O3.2K.H/c1-13-11-26(18-10-19(30-3)16(22)9-17(18)23)7-8-27(13)20(29)12-28-21-15(14(2)25-28)5-4-6-24-21;1-9-8-18(3-4-19(9)14(20)7-15)12-6-13(21-2)10(16)5-11(12)17;1-5-6-3-2-4-8-7(6)10-9-5;2-1-4-3;;;/h4-6,9-10,13H,7-8,11-12H2,1-3H3;5-6,9H,3-4,7-8H2,1-2H3;2-4H,1H3,(H,8,9,10);1,3H;;;/q;;;;2*+1;-1/p-1/t13-;9-;;;;;/m00...../s1. The van der Waals surface area contributed by atoms with E-state index in [-0.39, 0.29) is 157 Å². The summed E-state index contributed by atoms with van der Waals surface area (Å²) < 4.78 is 40.6. The van der Waals surface area contributed by atoms with Gasteiger partial charge in [0.05, 0.1) is 41.3 Å². The molecule has 2 atom stereocenters. The molecule has 6 aromatic rings. The van der Waals surface area contributed by atoms with Gasteiger partial charge in [-0.3, -0.25) is 19.5 Å². The first-order valence-electron chi connectivity index (χ1n) is 20.1. The van der Waals surface area contributed by atoms with Gasteiger partial charge in [0.2, 0.25) is 11.8 Å². The Morgan fingerprint density at radius 2 is 1.33 bits per heavy atom. The molecular formula is C43H49Cl3F2K2N10O7. The van der Waals surface area contributed by atoms with Crippen molar-refractivity contribution >= 4 is 86.5 Å². The number of hydrogen-bond acceptors (Lipinski definition) is 13. The van der Waals surface area contributed by atoms with Crippen LogP contribution in [0.5, 0.6) is 11.5 Å². The second-order valence-corrected chi connectivity index (χ2v) is 15.9. The number of methoxy groups -OCH3 is 2. The summed E-state index contributed by atoms with van der Waals surface area (Å²) in [7, 11) is 2.99. The van der Waals surface area contributed by atoms with Crippen molar-refractivity contribution in [2.75, 3.05) is 69.2 Å². The van der Waals surface area contributed by atoms with Gasteiger partial charge in [-0.05, 0) is 64.1 Å². The third-order valence-electron chi connectivity index (χ3n) is 10.7. The molecule has 2 saturated heterocycles. The number of hydrogen-bond donors (Lipinski definition) is 1. The Labute approximate surface area is 488 Å². The van der Waals surface area contributed by atoms with Gasteiger partial charge in [0.15, 0.2) is 11.3 Å². The molecule has 6 heterocycles. The Bertz CT molecular complexity index is 2610. The van der Waals surface area contributed by atoms with E-state index in [1.54, 1.807) is 34.1 Å². The van der Waals surface area contributed by atoms with Gasteiger partial charge in [-0.1, -0.05) is 23.2 Å². The summed E-state index contributed by atoms with van der Waals surface area (Å²) >= 11 is 17.5. The first kappa shape index (κ1) is 58.6. The van der Waals surface area contributed by atoms with E-state index in [2.05, 4.69) is 30.2 Å². The molecule has 2 fully saturated rings. The number of aromatic amines is 1. The molecule has 0 saturated carbocycles. The molecule has 0 aliphatic carbocycles. The summed E-state index contributed by atoms with van der Waals surface area (Å²) in [4.78, 5) is 51.7. The molecule has 24 heteroatoms. The van der Waals surface area contributed by atoms with Gasteiger partial charge in [-0.25, -0.2) is 23.4 Å². The molecular weight excluding hydrogens is 991 g/mol. The summed E-state index contributed by atoms with van der Waals surface area (Å²) in [6.45, 7) is 10.8. The molecule has 2 aliphatic heterocycles. The van der Waals surface area contributed by atoms with E-state index in [9.17, 15) is 18.4 Å². The SMILES string of the molecule is COc1cc(N2CCN(C(=O)CCl)[C@@H](C)C2)c(F)cc1Cl.COc1cc(N2CCN(C(=O)Cn3nc(C)c4cccnc43)[C@@H](C)C2)c(F)cc1Cl.Cc1[nH]nc2ncccc12.O=CO[O-].[H-].[K+].[K+]. The van der Waals surface area contributed by atoms with E-state index in [0.29, 0.717) is 67.8 Å². The smallest absolute Gasteiger partial charge is 1.00 e. The van der Waals surface area contributed by atoms with E-state index in [1.807, 2.05) is 66.7 Å². The number of piperazine rings is 2. The van der Waals surface area contributed by atoms with Crippen LogP contribution in [-0.2, 0) is 25.8 Å². The molecule has 67 heavy (non-hydrogen) atoms.